The summed E-state index contributed by atoms with van der Waals surface area (Å²) in [6.07, 6.45) is 0.808. The Kier molecular flexibility index (Phi) is 6.91. The molecule has 3 N–H and O–H groups in total. The smallest absolute Gasteiger partial charge is 0.315 e. The normalized spacial score (nSPS) is 11.6. The van der Waals surface area contributed by atoms with Crippen molar-refractivity contribution in [3.63, 3.8) is 0 Å². The molecule has 0 saturated carbocycles. The summed E-state index contributed by atoms with van der Waals surface area (Å²) in [7, 11) is 1.86. The topological polar surface area (TPSA) is 96.3 Å². The quantitative estimate of drug-likeness (QED) is 0.506. The number of amides is 2. The second kappa shape index (κ2) is 9.39. The molecule has 0 aliphatic carbocycles. The van der Waals surface area contributed by atoms with Gasteiger partial charge in [0, 0.05) is 31.3 Å². The summed E-state index contributed by atoms with van der Waals surface area (Å²) < 4.78 is 0. The fourth-order valence-corrected chi connectivity index (χ4v) is 2.42. The second-order valence-corrected chi connectivity index (χ2v) is 5.67. The van der Waals surface area contributed by atoms with E-state index in [-0.39, 0.29) is 24.3 Å². The Hall–Kier alpha value is -2.93. The van der Waals surface area contributed by atoms with Gasteiger partial charge in [0.05, 0.1) is 4.92 Å². The molecule has 0 fully saturated rings. The summed E-state index contributed by atoms with van der Waals surface area (Å²) in [4.78, 5) is 22.2. The molecule has 2 aromatic carbocycles. The number of nitrogens with one attached hydrogen (secondary N) is 3. The first-order chi connectivity index (χ1) is 12.1. The summed E-state index contributed by atoms with van der Waals surface area (Å²) in [5, 5.41) is 19.5. The van der Waals surface area contributed by atoms with Gasteiger partial charge in [0.2, 0.25) is 0 Å². The molecule has 0 unspecified atom stereocenters. The van der Waals surface area contributed by atoms with Gasteiger partial charge in [-0.05, 0) is 24.6 Å². The Bertz CT molecular complexity index is 706. The van der Waals surface area contributed by atoms with Crippen LogP contribution in [0.25, 0.3) is 0 Å². The molecular formula is C18H22N4O3. The zero-order valence-corrected chi connectivity index (χ0v) is 14.1. The first-order valence-electron chi connectivity index (χ1n) is 8.04. The van der Waals surface area contributed by atoms with E-state index in [1.54, 1.807) is 12.1 Å². The van der Waals surface area contributed by atoms with Crippen molar-refractivity contribution in [2.75, 3.05) is 13.6 Å². The molecule has 0 saturated heterocycles. The Morgan fingerprint density at radius 1 is 1.08 bits per heavy atom. The maximum atomic E-state index is 11.9. The van der Waals surface area contributed by atoms with Crippen LogP contribution >= 0.6 is 0 Å². The molecule has 7 nitrogen and oxygen atoms in total. The minimum Gasteiger partial charge on any atom is -0.337 e. The molecule has 2 aromatic rings. The number of rotatable bonds is 8. The lowest BCUT2D eigenvalue weighted by Crippen LogP contribution is -2.44. The lowest BCUT2D eigenvalue weighted by Gasteiger charge is -2.17. The van der Waals surface area contributed by atoms with E-state index in [0.717, 1.165) is 6.42 Å². The van der Waals surface area contributed by atoms with E-state index in [1.165, 1.54) is 17.7 Å². The zero-order chi connectivity index (χ0) is 18.1. The lowest BCUT2D eigenvalue weighted by molar-refractivity contribution is -0.384. The highest BCUT2D eigenvalue weighted by atomic mass is 16.6. The van der Waals surface area contributed by atoms with Crippen LogP contribution in [0.15, 0.2) is 54.6 Å². The Morgan fingerprint density at radius 3 is 2.48 bits per heavy atom. The molecule has 0 radical (unpaired) electrons. The molecule has 0 aromatic heterocycles. The van der Waals surface area contributed by atoms with Gasteiger partial charge in [0.15, 0.2) is 0 Å². The summed E-state index contributed by atoms with van der Waals surface area (Å²) in [6.45, 7) is 0.711. The van der Waals surface area contributed by atoms with Crippen molar-refractivity contribution in [1.29, 1.82) is 0 Å². The maximum Gasteiger partial charge on any atom is 0.315 e. The monoisotopic (exact) mass is 342 g/mol. The third-order valence-electron chi connectivity index (χ3n) is 3.82. The number of nitrogens with zero attached hydrogens (tertiary/aromatic N) is 1. The van der Waals surface area contributed by atoms with E-state index >= 15 is 0 Å². The highest BCUT2D eigenvalue weighted by Gasteiger charge is 2.10. The van der Waals surface area contributed by atoms with Gasteiger partial charge in [-0.2, -0.15) is 0 Å². The van der Waals surface area contributed by atoms with Crippen molar-refractivity contribution in [2.45, 2.75) is 19.0 Å². The van der Waals surface area contributed by atoms with Crippen LogP contribution < -0.4 is 16.0 Å². The molecule has 7 heteroatoms. The third-order valence-corrected chi connectivity index (χ3v) is 3.82. The van der Waals surface area contributed by atoms with E-state index in [0.29, 0.717) is 12.1 Å². The summed E-state index contributed by atoms with van der Waals surface area (Å²) in [6, 6.07) is 16.1. The van der Waals surface area contributed by atoms with Gasteiger partial charge >= 0.3 is 6.03 Å². The van der Waals surface area contributed by atoms with Gasteiger partial charge in [-0.15, -0.1) is 0 Å². The summed E-state index contributed by atoms with van der Waals surface area (Å²) >= 11 is 0. The molecule has 2 rings (SSSR count). The zero-order valence-electron chi connectivity index (χ0n) is 14.1. The molecule has 0 bridgehead atoms. The van der Waals surface area contributed by atoms with Crippen LogP contribution in [0.2, 0.25) is 0 Å². The lowest BCUT2D eigenvalue weighted by atomic mass is 10.1. The number of carbonyl (C=O) groups is 1. The molecule has 0 aliphatic heterocycles. The van der Waals surface area contributed by atoms with Crippen LogP contribution in [0.4, 0.5) is 10.5 Å². The fourth-order valence-electron chi connectivity index (χ4n) is 2.42. The molecule has 1 atom stereocenters. The molecule has 0 heterocycles. The van der Waals surface area contributed by atoms with Crippen molar-refractivity contribution in [3.05, 3.63) is 75.8 Å². The SMILES string of the molecule is CN[C@H](CNC(=O)NCc1cccc([N+](=O)[O-])c1)Cc1ccccc1. The number of nitro groups is 1. The number of nitro benzene ring substituents is 1. The van der Waals surface area contributed by atoms with Gasteiger partial charge in [0.1, 0.15) is 0 Å². The van der Waals surface area contributed by atoms with Crippen LogP contribution in [-0.4, -0.2) is 30.6 Å². The number of urea groups is 1. The van der Waals surface area contributed by atoms with E-state index in [4.69, 9.17) is 0 Å². The Labute approximate surface area is 146 Å². The Morgan fingerprint density at radius 2 is 1.80 bits per heavy atom. The minimum absolute atomic E-state index is 0.0119. The number of non-ortho nitro benzene ring substituents is 1. The van der Waals surface area contributed by atoms with E-state index in [1.807, 2.05) is 37.4 Å². The van der Waals surface area contributed by atoms with Crippen molar-refractivity contribution < 1.29 is 9.72 Å². The predicted octanol–water partition coefficient (Wildman–Crippen LogP) is 2.22. The van der Waals surface area contributed by atoms with Gasteiger partial charge in [-0.25, -0.2) is 4.79 Å². The van der Waals surface area contributed by atoms with E-state index in [9.17, 15) is 14.9 Å². The van der Waals surface area contributed by atoms with Crippen LogP contribution in [-0.2, 0) is 13.0 Å². The van der Waals surface area contributed by atoms with Gasteiger partial charge < -0.3 is 16.0 Å². The standard InChI is InChI=1S/C18H22N4O3/c1-19-16(10-14-6-3-2-4-7-14)13-21-18(23)20-12-15-8-5-9-17(11-15)22(24)25/h2-9,11,16,19H,10,12-13H2,1H3,(H2,20,21,23)/t16-/m0/s1. The predicted molar refractivity (Wildman–Crippen MR) is 96.3 cm³/mol. The highest BCUT2D eigenvalue weighted by Crippen LogP contribution is 2.12. The van der Waals surface area contributed by atoms with Crippen molar-refractivity contribution in [3.8, 4) is 0 Å². The number of hydrogen-bond acceptors (Lipinski definition) is 4. The summed E-state index contributed by atoms with van der Waals surface area (Å²) in [5.41, 5.74) is 1.89. The molecule has 2 amide bonds. The number of benzene rings is 2. The van der Waals surface area contributed by atoms with Gasteiger partial charge in [-0.3, -0.25) is 10.1 Å². The maximum absolute atomic E-state index is 11.9. The van der Waals surface area contributed by atoms with E-state index < -0.39 is 4.92 Å². The fraction of sp³-hybridized carbons (Fsp3) is 0.278. The number of carbonyl (C=O) groups excluding carboxylic acids is 1. The molecule has 0 aliphatic rings. The van der Waals surface area contributed by atoms with Gasteiger partial charge in [0.25, 0.3) is 5.69 Å². The highest BCUT2D eigenvalue weighted by molar-refractivity contribution is 5.73. The van der Waals surface area contributed by atoms with Crippen molar-refractivity contribution in [2.24, 2.45) is 0 Å². The van der Waals surface area contributed by atoms with Crippen molar-refractivity contribution in [1.82, 2.24) is 16.0 Å². The van der Waals surface area contributed by atoms with Crippen LogP contribution in [0, 0.1) is 10.1 Å². The molecule has 132 valence electrons. The third kappa shape index (κ3) is 6.23. The first-order valence-corrected chi connectivity index (χ1v) is 8.04. The largest absolute Gasteiger partial charge is 0.337 e. The van der Waals surface area contributed by atoms with Crippen LogP contribution in [0.3, 0.4) is 0 Å². The number of likely N-dealkylation sites (N-methyl/N-ethyl adjacent to an activating group) is 1. The molecule has 0 spiro atoms. The second-order valence-electron chi connectivity index (χ2n) is 5.67. The van der Waals surface area contributed by atoms with E-state index in [2.05, 4.69) is 16.0 Å². The Balaban J connectivity index is 1.77. The van der Waals surface area contributed by atoms with Crippen molar-refractivity contribution >= 4 is 11.7 Å². The van der Waals surface area contributed by atoms with Gasteiger partial charge in [-0.1, -0.05) is 42.5 Å². The number of hydrogen-bond donors (Lipinski definition) is 3. The average Bonchev–Trinajstić information content (AvgIpc) is 2.64. The summed E-state index contributed by atoms with van der Waals surface area (Å²) in [5.74, 6) is 0. The van der Waals surface area contributed by atoms with Crippen LogP contribution in [0.5, 0.6) is 0 Å². The minimum atomic E-state index is -0.454. The van der Waals surface area contributed by atoms with Crippen LogP contribution in [0.1, 0.15) is 11.1 Å². The molecule has 25 heavy (non-hydrogen) atoms. The molecular weight excluding hydrogens is 320 g/mol. The first kappa shape index (κ1) is 18.4. The average molecular weight is 342 g/mol.